The van der Waals surface area contributed by atoms with Crippen LogP contribution >= 0.6 is 0 Å². The van der Waals surface area contributed by atoms with Crippen molar-refractivity contribution in [3.63, 3.8) is 0 Å². The normalized spacial score (nSPS) is 19.6. The highest BCUT2D eigenvalue weighted by molar-refractivity contribution is 7.89. The number of rotatable bonds is 6. The summed E-state index contributed by atoms with van der Waals surface area (Å²) in [5.41, 5.74) is 1.19. The number of hydrogen-bond donors (Lipinski definition) is 1. The smallest absolute Gasteiger partial charge is 0.243 e. The van der Waals surface area contributed by atoms with Crippen molar-refractivity contribution in [1.82, 2.24) is 9.21 Å². The number of hydrogen-bond acceptors (Lipinski definition) is 4. The van der Waals surface area contributed by atoms with Gasteiger partial charge in [-0.25, -0.2) is 8.42 Å². The summed E-state index contributed by atoms with van der Waals surface area (Å²) in [5, 5.41) is 2.96. The molecule has 2 aromatic carbocycles. The van der Waals surface area contributed by atoms with Gasteiger partial charge in [0.2, 0.25) is 15.9 Å². The van der Waals surface area contributed by atoms with E-state index in [0.717, 1.165) is 38.0 Å². The minimum Gasteiger partial charge on any atom is -0.325 e. The molecular formula is C22H27N3O3S. The molecule has 0 bridgehead atoms. The van der Waals surface area contributed by atoms with E-state index >= 15 is 0 Å². The molecule has 6 nitrogen and oxygen atoms in total. The topological polar surface area (TPSA) is 69.7 Å². The molecule has 1 heterocycles. The number of nitrogens with one attached hydrogen (secondary N) is 1. The van der Waals surface area contributed by atoms with E-state index in [0.29, 0.717) is 18.8 Å². The molecule has 4 rings (SSSR count). The van der Waals surface area contributed by atoms with E-state index in [2.05, 4.69) is 17.1 Å². The molecule has 1 N–H and O–H groups in total. The van der Waals surface area contributed by atoms with Crippen molar-refractivity contribution in [2.75, 3.05) is 38.0 Å². The van der Waals surface area contributed by atoms with Crippen molar-refractivity contribution in [1.29, 1.82) is 0 Å². The first-order chi connectivity index (χ1) is 14.0. The van der Waals surface area contributed by atoms with Gasteiger partial charge >= 0.3 is 0 Å². The maximum absolute atomic E-state index is 12.9. The molecule has 154 valence electrons. The van der Waals surface area contributed by atoms with Gasteiger partial charge in [0.1, 0.15) is 0 Å². The lowest BCUT2D eigenvalue weighted by Gasteiger charge is -2.33. The van der Waals surface area contributed by atoms with E-state index in [1.54, 1.807) is 28.6 Å². The van der Waals surface area contributed by atoms with Crippen LogP contribution in [0.25, 0.3) is 0 Å². The Morgan fingerprint density at radius 3 is 2.14 bits per heavy atom. The molecule has 0 aromatic heterocycles. The Balaban J connectivity index is 1.44. The van der Waals surface area contributed by atoms with Crippen molar-refractivity contribution >= 4 is 21.6 Å². The van der Waals surface area contributed by atoms with Crippen LogP contribution < -0.4 is 5.32 Å². The summed E-state index contributed by atoms with van der Waals surface area (Å²) >= 11 is 0. The molecule has 2 fully saturated rings. The summed E-state index contributed by atoms with van der Waals surface area (Å²) in [6.45, 7) is 5.55. The number of nitrogens with zero attached hydrogens (tertiary/aromatic N) is 2. The van der Waals surface area contributed by atoms with Crippen molar-refractivity contribution in [2.45, 2.75) is 30.1 Å². The Labute approximate surface area is 172 Å². The summed E-state index contributed by atoms with van der Waals surface area (Å²) in [6.07, 6.45) is 1.66. The second-order valence-corrected chi connectivity index (χ2v) is 9.70. The van der Waals surface area contributed by atoms with Gasteiger partial charge in [-0.3, -0.25) is 4.79 Å². The summed E-state index contributed by atoms with van der Waals surface area (Å²) < 4.78 is 27.3. The van der Waals surface area contributed by atoms with Gasteiger partial charge in [-0.1, -0.05) is 37.3 Å². The van der Waals surface area contributed by atoms with Crippen LogP contribution in [0.4, 0.5) is 5.69 Å². The number of carbonyl (C=O) groups excluding carboxylic acids is 1. The fourth-order valence-corrected chi connectivity index (χ4v) is 5.35. The van der Waals surface area contributed by atoms with Crippen molar-refractivity contribution < 1.29 is 13.2 Å². The second-order valence-electron chi connectivity index (χ2n) is 7.76. The Morgan fingerprint density at radius 2 is 1.59 bits per heavy atom. The first-order valence-electron chi connectivity index (χ1n) is 10.2. The van der Waals surface area contributed by atoms with Gasteiger partial charge in [-0.15, -0.1) is 0 Å². The van der Waals surface area contributed by atoms with E-state index in [9.17, 15) is 13.2 Å². The van der Waals surface area contributed by atoms with Crippen LogP contribution in [0, 0.1) is 0 Å². The number of benzene rings is 2. The van der Waals surface area contributed by atoms with Gasteiger partial charge in [0, 0.05) is 31.9 Å². The highest BCUT2D eigenvalue weighted by atomic mass is 32.2. The standard InChI is InChI=1S/C22H27N3O3S/c1-2-24-14-16-25(17-15-24)29(27,28)20-10-8-19(9-11-20)23-21(26)22(12-13-22)18-6-4-3-5-7-18/h3-11H,2,12-17H2,1H3,(H,23,26). The average Bonchev–Trinajstić information content (AvgIpc) is 3.57. The highest BCUT2D eigenvalue weighted by Crippen LogP contribution is 2.48. The molecule has 7 heteroatoms. The molecule has 2 aromatic rings. The van der Waals surface area contributed by atoms with E-state index in [1.165, 1.54) is 0 Å². The number of anilines is 1. The largest absolute Gasteiger partial charge is 0.325 e. The van der Waals surface area contributed by atoms with E-state index in [1.807, 2.05) is 30.3 Å². The van der Waals surface area contributed by atoms with Crippen LogP contribution in [0.5, 0.6) is 0 Å². The molecule has 1 aliphatic carbocycles. The maximum atomic E-state index is 12.9. The summed E-state index contributed by atoms with van der Waals surface area (Å²) in [4.78, 5) is 15.4. The Hall–Kier alpha value is -2.22. The van der Waals surface area contributed by atoms with E-state index in [-0.39, 0.29) is 10.8 Å². The molecule has 1 saturated carbocycles. The van der Waals surface area contributed by atoms with Crippen LogP contribution in [0.15, 0.2) is 59.5 Å². The number of likely N-dealkylation sites (N-methyl/N-ethyl adjacent to an activating group) is 1. The van der Waals surface area contributed by atoms with Gasteiger partial charge in [-0.2, -0.15) is 4.31 Å². The van der Waals surface area contributed by atoms with E-state index in [4.69, 9.17) is 0 Å². The van der Waals surface area contributed by atoms with Crippen LogP contribution in [0.3, 0.4) is 0 Å². The first kappa shape index (κ1) is 20.1. The number of sulfonamides is 1. The van der Waals surface area contributed by atoms with Gasteiger partial charge in [-0.05, 0) is 49.2 Å². The molecular weight excluding hydrogens is 386 g/mol. The predicted octanol–water partition coefficient (Wildman–Crippen LogP) is 2.68. The average molecular weight is 414 g/mol. The second kappa shape index (κ2) is 7.89. The SMILES string of the molecule is CCN1CCN(S(=O)(=O)c2ccc(NC(=O)C3(c4ccccc4)CC3)cc2)CC1. The molecule has 2 aliphatic rings. The molecule has 0 unspecified atom stereocenters. The fraction of sp³-hybridized carbons (Fsp3) is 0.409. The minimum atomic E-state index is -3.50. The van der Waals surface area contributed by atoms with Gasteiger partial charge in [0.15, 0.2) is 0 Å². The van der Waals surface area contributed by atoms with E-state index < -0.39 is 15.4 Å². The quantitative estimate of drug-likeness (QED) is 0.791. The summed E-state index contributed by atoms with van der Waals surface area (Å²) in [5.74, 6) is -0.0324. The molecule has 0 spiro atoms. The van der Waals surface area contributed by atoms with Crippen LogP contribution in [0.1, 0.15) is 25.3 Å². The van der Waals surface area contributed by atoms with Crippen molar-refractivity contribution in [2.24, 2.45) is 0 Å². The molecule has 0 radical (unpaired) electrons. The minimum absolute atomic E-state index is 0.0324. The lowest BCUT2D eigenvalue weighted by atomic mass is 9.95. The first-order valence-corrected chi connectivity index (χ1v) is 11.6. The zero-order valence-corrected chi connectivity index (χ0v) is 17.5. The fourth-order valence-electron chi connectivity index (χ4n) is 3.93. The van der Waals surface area contributed by atoms with Crippen molar-refractivity contribution in [3.05, 3.63) is 60.2 Å². The lowest BCUT2D eigenvalue weighted by molar-refractivity contribution is -0.118. The molecule has 1 saturated heterocycles. The number of piperazine rings is 1. The monoisotopic (exact) mass is 413 g/mol. The maximum Gasteiger partial charge on any atom is 0.243 e. The van der Waals surface area contributed by atoms with Crippen LogP contribution in [-0.4, -0.2) is 56.3 Å². The highest BCUT2D eigenvalue weighted by Gasteiger charge is 2.51. The third-order valence-electron chi connectivity index (χ3n) is 6.04. The van der Waals surface area contributed by atoms with Gasteiger partial charge in [0.25, 0.3) is 0 Å². The summed E-state index contributed by atoms with van der Waals surface area (Å²) in [7, 11) is -3.50. The molecule has 1 aliphatic heterocycles. The Morgan fingerprint density at radius 1 is 0.966 bits per heavy atom. The van der Waals surface area contributed by atoms with Crippen LogP contribution in [-0.2, 0) is 20.2 Å². The van der Waals surface area contributed by atoms with Crippen molar-refractivity contribution in [3.8, 4) is 0 Å². The molecule has 0 atom stereocenters. The number of carbonyl (C=O) groups is 1. The lowest BCUT2D eigenvalue weighted by Crippen LogP contribution is -2.48. The third kappa shape index (κ3) is 3.95. The zero-order valence-electron chi connectivity index (χ0n) is 16.7. The zero-order chi connectivity index (χ0) is 20.5. The van der Waals surface area contributed by atoms with Gasteiger partial charge in [0.05, 0.1) is 10.3 Å². The number of amides is 1. The molecule has 1 amide bonds. The third-order valence-corrected chi connectivity index (χ3v) is 7.95. The summed E-state index contributed by atoms with van der Waals surface area (Å²) in [6, 6.07) is 16.3. The Kier molecular flexibility index (Phi) is 5.46. The molecule has 29 heavy (non-hydrogen) atoms. The predicted molar refractivity (Wildman–Crippen MR) is 113 cm³/mol. The van der Waals surface area contributed by atoms with Crippen LogP contribution in [0.2, 0.25) is 0 Å². The Bertz CT molecular complexity index is 962. The van der Waals surface area contributed by atoms with Gasteiger partial charge < -0.3 is 10.2 Å².